The van der Waals surface area contributed by atoms with Gasteiger partial charge in [-0.15, -0.1) is 0 Å². The van der Waals surface area contributed by atoms with Crippen molar-refractivity contribution in [3.63, 3.8) is 0 Å². The van der Waals surface area contributed by atoms with Gasteiger partial charge in [0.2, 0.25) is 5.69 Å². The Morgan fingerprint density at radius 1 is 0.778 bits per heavy atom. The fourth-order valence-corrected chi connectivity index (χ4v) is 4.16. The number of aromatic nitrogens is 1. The molecule has 0 aliphatic heterocycles. The molecule has 0 fully saturated rings. The lowest BCUT2D eigenvalue weighted by Crippen LogP contribution is -2.31. The molecule has 0 N–H and O–H groups in total. The Bertz CT molecular complexity index is 1360. The fraction of sp³-hybridized carbons (Fsp3) is 0.160. The van der Waals surface area contributed by atoms with Crippen molar-refractivity contribution in [2.75, 3.05) is 0 Å². The number of nitrogens with zero attached hydrogens (tertiary/aromatic N) is 1. The maximum atomic E-state index is 6.44. The second-order valence-corrected chi connectivity index (χ2v) is 7.53. The molecule has 0 spiro atoms. The smallest absolute Gasteiger partial charge is 0.216 e. The van der Waals surface area contributed by atoms with E-state index in [1.807, 2.05) is 0 Å². The van der Waals surface area contributed by atoms with Gasteiger partial charge in [0.05, 0.1) is 5.56 Å². The van der Waals surface area contributed by atoms with Gasteiger partial charge >= 0.3 is 0 Å². The van der Waals surface area contributed by atoms with Crippen LogP contribution in [0.4, 0.5) is 0 Å². The molecule has 5 rings (SSSR count). The van der Waals surface area contributed by atoms with Gasteiger partial charge in [0.25, 0.3) is 0 Å². The molecule has 0 unspecified atom stereocenters. The van der Waals surface area contributed by atoms with E-state index in [0.717, 1.165) is 11.2 Å². The molecule has 3 aromatic carbocycles. The van der Waals surface area contributed by atoms with Crippen molar-refractivity contribution in [3.8, 4) is 11.3 Å². The molecule has 0 aliphatic rings. The van der Waals surface area contributed by atoms with Crippen LogP contribution in [0.25, 0.3) is 44.0 Å². The molecule has 2 heterocycles. The zero-order chi connectivity index (χ0) is 18.7. The van der Waals surface area contributed by atoms with Crippen molar-refractivity contribution in [2.24, 2.45) is 7.05 Å². The van der Waals surface area contributed by atoms with Crippen molar-refractivity contribution in [3.05, 3.63) is 77.5 Å². The minimum atomic E-state index is 0.946. The Hall–Kier alpha value is -3.13. The molecule has 2 heteroatoms. The molecule has 0 bridgehead atoms. The van der Waals surface area contributed by atoms with Gasteiger partial charge in [-0.2, -0.15) is 0 Å². The third kappa shape index (κ3) is 2.30. The standard InChI is InChI=1S/C25H22NO/c1-15-9-11-20-24-19-8-6-5-7-18(19)10-12-22(24)27-25(20)23(15)21-13-16(2)17(3)14-26(21)4/h5-14H,1-4H3/q+1. The van der Waals surface area contributed by atoms with Gasteiger partial charge in [0, 0.05) is 22.4 Å². The second-order valence-electron chi connectivity index (χ2n) is 7.53. The number of benzene rings is 3. The van der Waals surface area contributed by atoms with E-state index in [1.165, 1.54) is 49.5 Å². The summed E-state index contributed by atoms with van der Waals surface area (Å²) in [5.74, 6) is 0. The summed E-state index contributed by atoms with van der Waals surface area (Å²) in [4.78, 5) is 0. The summed E-state index contributed by atoms with van der Waals surface area (Å²) in [5.41, 5.74) is 8.10. The largest absolute Gasteiger partial charge is 0.455 e. The van der Waals surface area contributed by atoms with E-state index in [4.69, 9.17) is 4.42 Å². The first-order valence-electron chi connectivity index (χ1n) is 9.35. The average molecular weight is 352 g/mol. The van der Waals surface area contributed by atoms with Crippen LogP contribution in [0.1, 0.15) is 16.7 Å². The molecule has 0 saturated heterocycles. The second kappa shape index (κ2) is 5.68. The number of furan rings is 1. The SMILES string of the molecule is Cc1cc(-c2c(C)ccc3c2oc2ccc4ccccc4c23)[n+](C)cc1C. The van der Waals surface area contributed by atoms with Gasteiger partial charge in [0.15, 0.2) is 6.20 Å². The van der Waals surface area contributed by atoms with Gasteiger partial charge in [0.1, 0.15) is 18.2 Å². The summed E-state index contributed by atoms with van der Waals surface area (Å²) < 4.78 is 8.64. The first-order valence-corrected chi connectivity index (χ1v) is 9.35. The van der Waals surface area contributed by atoms with Crippen molar-refractivity contribution >= 4 is 32.7 Å². The number of fused-ring (bicyclic) bond motifs is 5. The van der Waals surface area contributed by atoms with E-state index in [2.05, 4.69) is 93.2 Å². The van der Waals surface area contributed by atoms with Gasteiger partial charge in [-0.05, 0) is 48.7 Å². The summed E-state index contributed by atoms with van der Waals surface area (Å²) in [5, 5.41) is 4.87. The van der Waals surface area contributed by atoms with Crippen LogP contribution in [0.3, 0.4) is 0 Å². The van der Waals surface area contributed by atoms with Crippen molar-refractivity contribution in [1.82, 2.24) is 0 Å². The predicted molar refractivity (Wildman–Crippen MR) is 112 cm³/mol. The average Bonchev–Trinajstić information content (AvgIpc) is 3.04. The highest BCUT2D eigenvalue weighted by atomic mass is 16.3. The van der Waals surface area contributed by atoms with Crippen LogP contribution in [-0.2, 0) is 7.05 Å². The number of aryl methyl sites for hydroxylation is 4. The molecule has 2 nitrogen and oxygen atoms in total. The van der Waals surface area contributed by atoms with Gasteiger partial charge in [-0.25, -0.2) is 4.57 Å². The molecule has 2 aromatic heterocycles. The van der Waals surface area contributed by atoms with Crippen LogP contribution in [0.2, 0.25) is 0 Å². The third-order valence-corrected chi connectivity index (χ3v) is 5.74. The van der Waals surface area contributed by atoms with E-state index < -0.39 is 0 Å². The minimum absolute atomic E-state index is 0.946. The normalized spacial score (nSPS) is 11.7. The Kier molecular flexibility index (Phi) is 3.38. The zero-order valence-corrected chi connectivity index (χ0v) is 16.1. The number of pyridine rings is 1. The summed E-state index contributed by atoms with van der Waals surface area (Å²) in [6.45, 7) is 6.48. The van der Waals surface area contributed by atoms with Crippen LogP contribution >= 0.6 is 0 Å². The van der Waals surface area contributed by atoms with Crippen LogP contribution < -0.4 is 4.57 Å². The highest BCUT2D eigenvalue weighted by molar-refractivity contribution is 6.20. The molecule has 0 amide bonds. The van der Waals surface area contributed by atoms with E-state index in [1.54, 1.807) is 0 Å². The van der Waals surface area contributed by atoms with E-state index in [9.17, 15) is 0 Å². The first kappa shape index (κ1) is 16.1. The number of rotatable bonds is 1. The third-order valence-electron chi connectivity index (χ3n) is 5.74. The molecule has 5 aromatic rings. The summed E-state index contributed by atoms with van der Waals surface area (Å²) in [7, 11) is 2.11. The lowest BCUT2D eigenvalue weighted by atomic mass is 9.97. The minimum Gasteiger partial charge on any atom is -0.455 e. The highest BCUT2D eigenvalue weighted by Gasteiger charge is 2.22. The van der Waals surface area contributed by atoms with E-state index >= 15 is 0 Å². The van der Waals surface area contributed by atoms with Crippen LogP contribution in [0, 0.1) is 20.8 Å². The van der Waals surface area contributed by atoms with E-state index in [0.29, 0.717) is 0 Å². The summed E-state index contributed by atoms with van der Waals surface area (Å²) >= 11 is 0. The zero-order valence-electron chi connectivity index (χ0n) is 16.1. The lowest BCUT2D eigenvalue weighted by molar-refractivity contribution is -0.660. The highest BCUT2D eigenvalue weighted by Crippen LogP contribution is 2.39. The summed E-state index contributed by atoms with van der Waals surface area (Å²) in [6, 6.07) is 19.4. The molecule has 0 aliphatic carbocycles. The Morgan fingerprint density at radius 2 is 1.59 bits per heavy atom. The van der Waals surface area contributed by atoms with Crippen LogP contribution in [0.5, 0.6) is 0 Å². The van der Waals surface area contributed by atoms with Crippen molar-refractivity contribution < 1.29 is 8.98 Å². The Labute approximate surface area is 158 Å². The summed E-state index contributed by atoms with van der Waals surface area (Å²) in [6.07, 6.45) is 2.20. The molecular formula is C25H22NO+. The van der Waals surface area contributed by atoms with Gasteiger partial charge < -0.3 is 4.42 Å². The molecule has 27 heavy (non-hydrogen) atoms. The fourth-order valence-electron chi connectivity index (χ4n) is 4.16. The molecule has 132 valence electrons. The van der Waals surface area contributed by atoms with Crippen molar-refractivity contribution in [2.45, 2.75) is 20.8 Å². The van der Waals surface area contributed by atoms with Crippen LogP contribution in [0.15, 0.2) is 65.2 Å². The number of hydrogen-bond donors (Lipinski definition) is 0. The monoisotopic (exact) mass is 352 g/mol. The Balaban J connectivity index is 1.96. The molecule has 0 atom stereocenters. The van der Waals surface area contributed by atoms with E-state index in [-0.39, 0.29) is 0 Å². The maximum absolute atomic E-state index is 6.44. The quantitative estimate of drug-likeness (QED) is 0.330. The molecule has 0 saturated carbocycles. The topological polar surface area (TPSA) is 17.0 Å². The number of hydrogen-bond acceptors (Lipinski definition) is 1. The molecular weight excluding hydrogens is 330 g/mol. The predicted octanol–water partition coefficient (Wildman–Crippen LogP) is 6.16. The first-order chi connectivity index (χ1) is 13.0. The molecule has 0 radical (unpaired) electrons. The van der Waals surface area contributed by atoms with Gasteiger partial charge in [-0.1, -0.05) is 42.5 Å². The van der Waals surface area contributed by atoms with Gasteiger partial charge in [-0.3, -0.25) is 0 Å². The van der Waals surface area contributed by atoms with Crippen molar-refractivity contribution in [1.29, 1.82) is 0 Å². The maximum Gasteiger partial charge on any atom is 0.216 e. The Morgan fingerprint density at radius 3 is 2.44 bits per heavy atom. The van der Waals surface area contributed by atoms with Crippen LogP contribution in [-0.4, -0.2) is 0 Å². The lowest BCUT2D eigenvalue weighted by Gasteiger charge is -2.08.